The lowest BCUT2D eigenvalue weighted by molar-refractivity contribution is -0.0896. The second kappa shape index (κ2) is 4.66. The van der Waals surface area contributed by atoms with Crippen molar-refractivity contribution >= 4 is 17.0 Å². The van der Waals surface area contributed by atoms with Gasteiger partial charge in [-0.15, -0.1) is 6.42 Å². The smallest absolute Gasteiger partial charge is 0.179 e. The van der Waals surface area contributed by atoms with Crippen LogP contribution in [0.25, 0.3) is 11.2 Å². The maximum atomic E-state index is 10.3. The van der Waals surface area contributed by atoms with Crippen LogP contribution in [0.5, 0.6) is 0 Å². The Morgan fingerprint density at radius 1 is 1.52 bits per heavy atom. The zero-order chi connectivity index (χ0) is 15.2. The SMILES string of the molecule is C#C[C@]1(CO)O[C@H](n2cnc3c(N)ncnc32)[C@@H](C)[C@@H]1O. The monoisotopic (exact) mass is 289 g/mol. The van der Waals surface area contributed by atoms with Gasteiger partial charge in [-0.3, -0.25) is 4.57 Å². The second-order valence-corrected chi connectivity index (χ2v) is 5.09. The number of rotatable bonds is 2. The van der Waals surface area contributed by atoms with Gasteiger partial charge in [0.25, 0.3) is 0 Å². The van der Waals surface area contributed by atoms with E-state index in [-0.39, 0.29) is 11.7 Å². The summed E-state index contributed by atoms with van der Waals surface area (Å²) in [7, 11) is 0. The third kappa shape index (κ3) is 1.79. The van der Waals surface area contributed by atoms with Gasteiger partial charge in [-0.25, -0.2) is 15.0 Å². The molecule has 0 aromatic carbocycles. The van der Waals surface area contributed by atoms with E-state index in [4.69, 9.17) is 16.9 Å². The minimum atomic E-state index is -1.43. The minimum Gasteiger partial charge on any atom is -0.392 e. The van der Waals surface area contributed by atoms with E-state index in [2.05, 4.69) is 20.9 Å². The zero-order valence-electron chi connectivity index (χ0n) is 11.3. The molecule has 1 fully saturated rings. The third-order valence-corrected chi connectivity index (χ3v) is 3.90. The molecule has 110 valence electrons. The van der Waals surface area contributed by atoms with E-state index in [9.17, 15) is 10.2 Å². The van der Waals surface area contributed by atoms with Crippen LogP contribution in [-0.4, -0.2) is 48.0 Å². The molecule has 2 aromatic heterocycles. The number of hydrogen-bond acceptors (Lipinski definition) is 7. The number of fused-ring (bicyclic) bond motifs is 1. The molecule has 2 aromatic rings. The molecule has 4 N–H and O–H groups in total. The van der Waals surface area contributed by atoms with Crippen molar-refractivity contribution < 1.29 is 14.9 Å². The fourth-order valence-corrected chi connectivity index (χ4v) is 2.64. The van der Waals surface area contributed by atoms with Gasteiger partial charge in [0.05, 0.1) is 12.9 Å². The van der Waals surface area contributed by atoms with Gasteiger partial charge in [0.1, 0.15) is 24.2 Å². The lowest BCUT2D eigenvalue weighted by Crippen LogP contribution is -2.43. The molecule has 1 aliphatic rings. The van der Waals surface area contributed by atoms with Gasteiger partial charge in [0.15, 0.2) is 17.1 Å². The summed E-state index contributed by atoms with van der Waals surface area (Å²) in [5.41, 5.74) is 5.25. The van der Waals surface area contributed by atoms with Crippen LogP contribution < -0.4 is 5.73 Å². The molecule has 0 spiro atoms. The van der Waals surface area contributed by atoms with Crippen molar-refractivity contribution in [1.29, 1.82) is 0 Å². The van der Waals surface area contributed by atoms with Crippen molar-refractivity contribution in [3.63, 3.8) is 0 Å². The van der Waals surface area contributed by atoms with Crippen molar-refractivity contribution in [3.8, 4) is 12.3 Å². The van der Waals surface area contributed by atoms with E-state index >= 15 is 0 Å². The van der Waals surface area contributed by atoms with Crippen molar-refractivity contribution in [3.05, 3.63) is 12.7 Å². The molecule has 0 aliphatic carbocycles. The number of aliphatic hydroxyl groups excluding tert-OH is 2. The van der Waals surface area contributed by atoms with Gasteiger partial charge in [0.2, 0.25) is 0 Å². The van der Waals surface area contributed by atoms with Crippen LogP contribution in [0.2, 0.25) is 0 Å². The minimum absolute atomic E-state index is 0.260. The van der Waals surface area contributed by atoms with Gasteiger partial charge in [-0.05, 0) is 0 Å². The predicted octanol–water partition coefficient (Wildman–Crippen LogP) is -0.701. The van der Waals surface area contributed by atoms with Crippen LogP contribution in [0, 0.1) is 18.3 Å². The van der Waals surface area contributed by atoms with Crippen LogP contribution in [0.15, 0.2) is 12.7 Å². The summed E-state index contributed by atoms with van der Waals surface area (Å²) in [6.45, 7) is 1.30. The number of hydrogen-bond donors (Lipinski definition) is 3. The fourth-order valence-electron chi connectivity index (χ4n) is 2.64. The van der Waals surface area contributed by atoms with Crippen molar-refractivity contribution in [2.75, 3.05) is 12.3 Å². The first-order chi connectivity index (χ1) is 10.0. The molecule has 3 rings (SSSR count). The highest BCUT2D eigenvalue weighted by Gasteiger charge is 2.52. The summed E-state index contributed by atoms with van der Waals surface area (Å²) in [6.07, 6.45) is 6.64. The van der Waals surface area contributed by atoms with Crippen LogP contribution >= 0.6 is 0 Å². The number of terminal acetylenes is 1. The average molecular weight is 289 g/mol. The average Bonchev–Trinajstić information content (AvgIpc) is 3.02. The van der Waals surface area contributed by atoms with Gasteiger partial charge in [-0.1, -0.05) is 12.8 Å². The first kappa shape index (κ1) is 13.8. The number of aromatic nitrogens is 4. The Kier molecular flexibility index (Phi) is 3.06. The molecule has 0 radical (unpaired) electrons. The highest BCUT2D eigenvalue weighted by Crippen LogP contribution is 2.41. The Bertz CT molecular complexity index is 724. The first-order valence-electron chi connectivity index (χ1n) is 6.41. The fraction of sp³-hybridized carbons (Fsp3) is 0.462. The van der Waals surface area contributed by atoms with E-state index in [1.165, 1.54) is 12.7 Å². The molecule has 1 saturated heterocycles. The van der Waals surface area contributed by atoms with Gasteiger partial charge in [-0.2, -0.15) is 0 Å². The number of imidazole rings is 1. The van der Waals surface area contributed by atoms with Crippen LogP contribution in [0.4, 0.5) is 5.82 Å². The number of anilines is 1. The normalized spacial score (nSPS) is 32.4. The van der Waals surface area contributed by atoms with Gasteiger partial charge in [0, 0.05) is 5.92 Å². The number of nitrogens with two attached hydrogens (primary N) is 1. The Balaban J connectivity index is 2.08. The maximum Gasteiger partial charge on any atom is 0.179 e. The molecule has 8 nitrogen and oxygen atoms in total. The highest BCUT2D eigenvalue weighted by atomic mass is 16.6. The molecule has 21 heavy (non-hydrogen) atoms. The molecule has 0 saturated carbocycles. The molecule has 0 amide bonds. The van der Waals surface area contributed by atoms with E-state index in [0.29, 0.717) is 11.2 Å². The number of nitrogen functional groups attached to an aromatic ring is 1. The van der Waals surface area contributed by atoms with E-state index < -0.39 is 24.5 Å². The molecular weight excluding hydrogens is 274 g/mol. The maximum absolute atomic E-state index is 10.3. The van der Waals surface area contributed by atoms with Crippen LogP contribution in [0.1, 0.15) is 13.2 Å². The van der Waals surface area contributed by atoms with E-state index in [1.807, 2.05) is 0 Å². The molecule has 4 atom stereocenters. The van der Waals surface area contributed by atoms with Gasteiger partial charge < -0.3 is 20.7 Å². The molecule has 8 heteroatoms. The topological polar surface area (TPSA) is 119 Å². The summed E-state index contributed by atoms with van der Waals surface area (Å²) >= 11 is 0. The highest BCUT2D eigenvalue weighted by molar-refractivity contribution is 5.81. The summed E-state index contributed by atoms with van der Waals surface area (Å²) < 4.78 is 7.38. The molecule has 0 bridgehead atoms. The Morgan fingerprint density at radius 2 is 2.29 bits per heavy atom. The van der Waals surface area contributed by atoms with Gasteiger partial charge >= 0.3 is 0 Å². The first-order valence-corrected chi connectivity index (χ1v) is 6.41. The number of nitrogens with zero attached hydrogens (tertiary/aromatic N) is 4. The zero-order valence-corrected chi connectivity index (χ0v) is 11.3. The summed E-state index contributed by atoms with van der Waals surface area (Å²) in [4.78, 5) is 12.2. The van der Waals surface area contributed by atoms with Crippen LogP contribution in [0.3, 0.4) is 0 Å². The quantitative estimate of drug-likeness (QED) is 0.625. The van der Waals surface area contributed by atoms with Crippen molar-refractivity contribution in [2.45, 2.75) is 24.9 Å². The predicted molar refractivity (Wildman–Crippen MR) is 73.7 cm³/mol. The van der Waals surface area contributed by atoms with E-state index in [0.717, 1.165) is 0 Å². The Hall–Kier alpha value is -2.21. The van der Waals surface area contributed by atoms with Crippen molar-refractivity contribution in [1.82, 2.24) is 19.5 Å². The second-order valence-electron chi connectivity index (χ2n) is 5.09. The third-order valence-electron chi connectivity index (χ3n) is 3.90. The summed E-state index contributed by atoms with van der Waals surface area (Å²) in [6, 6.07) is 0. The molecule has 0 unspecified atom stereocenters. The standard InChI is InChI=1S/C13H15N5O3/c1-3-13(4-19)9(20)7(2)12(21-13)18-6-17-8-10(14)15-5-16-11(8)18/h1,5-7,9,12,19-20H,4H2,2H3,(H2,14,15,16)/t7-,9-,12-,13+/m0/s1. The number of aliphatic hydroxyl groups is 2. The lowest BCUT2D eigenvalue weighted by atomic mass is 9.92. The Morgan fingerprint density at radius 3 is 2.90 bits per heavy atom. The Labute approximate surface area is 120 Å². The van der Waals surface area contributed by atoms with Crippen molar-refractivity contribution in [2.24, 2.45) is 5.92 Å². The lowest BCUT2D eigenvalue weighted by Gasteiger charge is -2.23. The molecule has 1 aliphatic heterocycles. The molecule has 3 heterocycles. The number of ether oxygens (including phenoxy) is 1. The largest absolute Gasteiger partial charge is 0.392 e. The van der Waals surface area contributed by atoms with E-state index in [1.54, 1.807) is 11.5 Å². The summed E-state index contributed by atoms with van der Waals surface area (Å²) in [5, 5.41) is 19.8. The molecular formula is C13H15N5O3. The summed E-state index contributed by atoms with van der Waals surface area (Å²) in [5.74, 6) is 2.25. The van der Waals surface area contributed by atoms with Crippen LogP contribution in [-0.2, 0) is 4.74 Å².